The second kappa shape index (κ2) is 9.31. The lowest BCUT2D eigenvalue weighted by molar-refractivity contribution is 0.365. The van der Waals surface area contributed by atoms with Crippen LogP contribution in [0.25, 0.3) is 0 Å². The summed E-state index contributed by atoms with van der Waals surface area (Å²) in [5.41, 5.74) is 5.77. The standard InChI is InChI=1S/C27H37Cl/c1-8-13-20-18-22(16-17-24(20)25(9-2)26(5,6)7)27(10-3,11-4)21-14-12-15-23(28)19-21/h9,12,14-19,25H,2,8,10-11,13H2,1,3-7H3. The summed E-state index contributed by atoms with van der Waals surface area (Å²) in [6.45, 7) is 17.9. The lowest BCUT2D eigenvalue weighted by atomic mass is 9.68. The molecule has 1 unspecified atom stereocenters. The van der Waals surface area contributed by atoms with Gasteiger partial charge in [0.25, 0.3) is 0 Å². The molecule has 0 amide bonds. The largest absolute Gasteiger partial charge is 0.102 e. The van der Waals surface area contributed by atoms with Gasteiger partial charge in [-0.2, -0.15) is 0 Å². The van der Waals surface area contributed by atoms with Crippen molar-refractivity contribution in [3.05, 3.63) is 82.4 Å². The van der Waals surface area contributed by atoms with Crippen molar-refractivity contribution < 1.29 is 0 Å². The van der Waals surface area contributed by atoms with E-state index in [1.807, 2.05) is 6.07 Å². The molecule has 1 atom stereocenters. The van der Waals surface area contributed by atoms with Crippen molar-refractivity contribution in [2.24, 2.45) is 5.41 Å². The number of hydrogen-bond acceptors (Lipinski definition) is 0. The molecule has 0 aliphatic heterocycles. The van der Waals surface area contributed by atoms with Gasteiger partial charge in [-0.1, -0.05) is 96.0 Å². The minimum absolute atomic E-state index is 0.00265. The minimum Gasteiger partial charge on any atom is -0.102 e. The number of aryl methyl sites for hydroxylation is 1. The monoisotopic (exact) mass is 396 g/mol. The lowest BCUT2D eigenvalue weighted by Gasteiger charge is -2.35. The summed E-state index contributed by atoms with van der Waals surface area (Å²) >= 11 is 6.36. The first-order chi connectivity index (χ1) is 13.2. The van der Waals surface area contributed by atoms with Gasteiger partial charge in [0.05, 0.1) is 0 Å². The van der Waals surface area contributed by atoms with Gasteiger partial charge in [-0.15, -0.1) is 6.58 Å². The molecule has 1 heteroatoms. The Balaban J connectivity index is 2.67. The van der Waals surface area contributed by atoms with Crippen LogP contribution in [0.15, 0.2) is 55.1 Å². The zero-order valence-electron chi connectivity index (χ0n) is 18.6. The fourth-order valence-corrected chi connectivity index (χ4v) is 4.85. The van der Waals surface area contributed by atoms with Gasteiger partial charge in [-0.25, -0.2) is 0 Å². The Morgan fingerprint density at radius 1 is 0.964 bits per heavy atom. The molecule has 0 bridgehead atoms. The average molecular weight is 397 g/mol. The molecule has 0 aliphatic carbocycles. The summed E-state index contributed by atoms with van der Waals surface area (Å²) < 4.78 is 0. The third kappa shape index (κ3) is 4.54. The zero-order chi connectivity index (χ0) is 20.9. The maximum atomic E-state index is 6.36. The van der Waals surface area contributed by atoms with E-state index in [1.54, 1.807) is 0 Å². The Labute approximate surface area is 178 Å². The fourth-order valence-electron chi connectivity index (χ4n) is 4.66. The quantitative estimate of drug-likeness (QED) is 0.391. The van der Waals surface area contributed by atoms with Crippen molar-refractivity contribution in [3.8, 4) is 0 Å². The highest BCUT2D eigenvalue weighted by atomic mass is 35.5. The Hall–Kier alpha value is -1.53. The summed E-state index contributed by atoms with van der Waals surface area (Å²) in [5.74, 6) is 0.354. The highest BCUT2D eigenvalue weighted by Crippen LogP contribution is 2.43. The van der Waals surface area contributed by atoms with Gasteiger partial charge in [-0.3, -0.25) is 0 Å². The molecule has 0 saturated carbocycles. The highest BCUT2D eigenvalue weighted by Gasteiger charge is 2.32. The van der Waals surface area contributed by atoms with Crippen LogP contribution < -0.4 is 0 Å². The Bertz CT molecular complexity index is 790. The third-order valence-corrected chi connectivity index (χ3v) is 6.54. The number of halogens is 1. The lowest BCUT2D eigenvalue weighted by Crippen LogP contribution is -2.27. The predicted octanol–water partition coefficient (Wildman–Crippen LogP) is 8.71. The number of allylic oxidation sites excluding steroid dienone is 1. The minimum atomic E-state index is -0.00265. The number of benzene rings is 2. The summed E-state index contributed by atoms with van der Waals surface area (Å²) in [7, 11) is 0. The van der Waals surface area contributed by atoms with E-state index in [2.05, 4.69) is 90.6 Å². The van der Waals surface area contributed by atoms with Crippen LogP contribution in [0.4, 0.5) is 0 Å². The summed E-state index contributed by atoms with van der Waals surface area (Å²) in [6, 6.07) is 15.6. The van der Waals surface area contributed by atoms with E-state index in [9.17, 15) is 0 Å². The topological polar surface area (TPSA) is 0 Å². The molecule has 0 heterocycles. The molecule has 0 saturated heterocycles. The van der Waals surface area contributed by atoms with Crippen molar-refractivity contribution in [3.63, 3.8) is 0 Å². The first-order valence-electron chi connectivity index (χ1n) is 10.7. The molecule has 0 N–H and O–H groups in total. The van der Waals surface area contributed by atoms with Gasteiger partial charge >= 0.3 is 0 Å². The molecule has 152 valence electrons. The number of hydrogen-bond donors (Lipinski definition) is 0. The molecule has 2 aromatic rings. The summed E-state index contributed by atoms with van der Waals surface area (Å²) in [6.07, 6.45) is 6.48. The van der Waals surface area contributed by atoms with Gasteiger partial charge in [0.15, 0.2) is 0 Å². The van der Waals surface area contributed by atoms with Gasteiger partial charge in [0.2, 0.25) is 0 Å². The average Bonchev–Trinajstić information content (AvgIpc) is 2.64. The van der Waals surface area contributed by atoms with Gasteiger partial charge < -0.3 is 0 Å². The summed E-state index contributed by atoms with van der Waals surface area (Å²) in [4.78, 5) is 0. The second-order valence-corrected chi connectivity index (χ2v) is 9.48. The maximum absolute atomic E-state index is 6.36. The van der Waals surface area contributed by atoms with Crippen molar-refractivity contribution in [1.29, 1.82) is 0 Å². The molecule has 0 aromatic heterocycles. The Morgan fingerprint density at radius 2 is 1.61 bits per heavy atom. The van der Waals surface area contributed by atoms with Crippen molar-refractivity contribution in [2.75, 3.05) is 0 Å². The molecule has 2 rings (SSSR count). The molecule has 0 radical (unpaired) electrons. The van der Waals surface area contributed by atoms with E-state index >= 15 is 0 Å². The molecular weight excluding hydrogens is 360 g/mol. The van der Waals surface area contributed by atoms with Gasteiger partial charge in [0, 0.05) is 16.4 Å². The van der Waals surface area contributed by atoms with E-state index in [0.29, 0.717) is 5.92 Å². The molecule has 0 spiro atoms. The Kier molecular flexibility index (Phi) is 7.57. The molecule has 0 nitrogen and oxygen atoms in total. The second-order valence-electron chi connectivity index (χ2n) is 9.04. The maximum Gasteiger partial charge on any atom is 0.0409 e. The van der Waals surface area contributed by atoms with Crippen LogP contribution in [0.2, 0.25) is 5.02 Å². The van der Waals surface area contributed by atoms with Crippen LogP contribution in [-0.2, 0) is 11.8 Å². The Morgan fingerprint density at radius 3 is 2.11 bits per heavy atom. The first-order valence-corrected chi connectivity index (χ1v) is 11.1. The van der Waals surface area contributed by atoms with Gasteiger partial charge in [-0.05, 0) is 59.1 Å². The molecule has 28 heavy (non-hydrogen) atoms. The van der Waals surface area contributed by atoms with Crippen LogP contribution in [0.5, 0.6) is 0 Å². The van der Waals surface area contributed by atoms with E-state index in [-0.39, 0.29) is 10.8 Å². The summed E-state index contributed by atoms with van der Waals surface area (Å²) in [5, 5.41) is 0.814. The van der Waals surface area contributed by atoms with Crippen molar-refractivity contribution >= 4 is 11.6 Å². The normalized spacial score (nSPS) is 13.4. The smallest absolute Gasteiger partial charge is 0.0409 e. The molecule has 0 aliphatic rings. The highest BCUT2D eigenvalue weighted by molar-refractivity contribution is 6.30. The zero-order valence-corrected chi connectivity index (χ0v) is 19.4. The van der Waals surface area contributed by atoms with Crippen molar-refractivity contribution in [2.45, 2.75) is 78.6 Å². The van der Waals surface area contributed by atoms with Gasteiger partial charge in [0.1, 0.15) is 0 Å². The molecule has 0 fully saturated rings. The van der Waals surface area contributed by atoms with Crippen LogP contribution >= 0.6 is 11.6 Å². The van der Waals surface area contributed by atoms with E-state index in [4.69, 9.17) is 11.6 Å². The predicted molar refractivity (Wildman–Crippen MR) is 126 cm³/mol. The SMILES string of the molecule is C=CC(c1ccc(C(CC)(CC)c2cccc(Cl)c2)cc1CCC)C(C)(C)C. The van der Waals surface area contributed by atoms with E-state index in [1.165, 1.54) is 22.3 Å². The first kappa shape index (κ1) is 22.8. The number of rotatable bonds is 8. The fraction of sp³-hybridized carbons (Fsp3) is 0.481. The van der Waals surface area contributed by atoms with Crippen LogP contribution in [-0.4, -0.2) is 0 Å². The van der Waals surface area contributed by atoms with E-state index in [0.717, 1.165) is 30.7 Å². The van der Waals surface area contributed by atoms with E-state index < -0.39 is 0 Å². The molecule has 2 aromatic carbocycles. The van der Waals surface area contributed by atoms with Crippen LogP contribution in [0.1, 0.15) is 89.0 Å². The third-order valence-electron chi connectivity index (χ3n) is 6.30. The van der Waals surface area contributed by atoms with Crippen molar-refractivity contribution in [1.82, 2.24) is 0 Å². The van der Waals surface area contributed by atoms with Crippen LogP contribution in [0, 0.1) is 5.41 Å². The molecular formula is C27H37Cl. The van der Waals surface area contributed by atoms with Crippen LogP contribution in [0.3, 0.4) is 0 Å².